The van der Waals surface area contributed by atoms with Crippen molar-refractivity contribution in [2.24, 2.45) is 0 Å². The van der Waals surface area contributed by atoms with E-state index in [9.17, 15) is 0 Å². The summed E-state index contributed by atoms with van der Waals surface area (Å²) in [6.07, 6.45) is 18.9. The van der Waals surface area contributed by atoms with Crippen LogP contribution in [0.15, 0.2) is 0 Å². The van der Waals surface area contributed by atoms with Gasteiger partial charge in [-0.3, -0.25) is 0 Å². The number of halogens is 1. The number of hydrogen-bond acceptors (Lipinski definition) is 0. The van der Waals surface area contributed by atoms with Crippen molar-refractivity contribution in [1.29, 1.82) is 0 Å². The van der Waals surface area contributed by atoms with Crippen LogP contribution >= 0.6 is 11.6 Å². The minimum atomic E-state index is 0.835. The van der Waals surface area contributed by atoms with E-state index < -0.39 is 0 Å². The molecule has 0 rings (SSSR count). The second-order valence-electron chi connectivity index (χ2n) is 5.39. The summed E-state index contributed by atoms with van der Waals surface area (Å²) in [5.41, 5.74) is 0. The number of hydrogen-bond donors (Lipinski definition) is 0. The lowest BCUT2D eigenvalue weighted by Crippen LogP contribution is -1.83. The van der Waals surface area contributed by atoms with Crippen molar-refractivity contribution in [2.75, 3.05) is 5.88 Å². The summed E-state index contributed by atoms with van der Waals surface area (Å²) in [4.78, 5) is 0. The molecule has 1 heteroatoms. The smallest absolute Gasteiger partial charge is 0.0223 e. The van der Waals surface area contributed by atoms with Crippen LogP contribution in [-0.2, 0) is 0 Å². The zero-order valence-electron chi connectivity index (χ0n) is 12.7. The maximum atomic E-state index is 5.65. The third-order valence-corrected chi connectivity index (χ3v) is 3.83. The Morgan fingerprint density at radius 3 is 1.32 bits per heavy atom. The van der Waals surface area contributed by atoms with Crippen LogP contribution < -0.4 is 0 Å². The molecule has 0 unspecified atom stereocenters. The molecule has 0 heterocycles. The Labute approximate surface area is 126 Å². The van der Waals surface area contributed by atoms with Crippen molar-refractivity contribution < 1.29 is 0 Å². The number of rotatable bonds is 14. The molecule has 0 bridgehead atoms. The molecule has 0 aromatic rings. The average molecular weight is 284 g/mol. The molecule has 0 saturated carbocycles. The van der Waals surface area contributed by atoms with Crippen LogP contribution in [0.3, 0.4) is 0 Å². The highest BCUT2D eigenvalue weighted by Gasteiger charge is 1.93. The Balaban J connectivity index is 2.92. The molecular formula is C18H32Cl. The van der Waals surface area contributed by atoms with Crippen molar-refractivity contribution in [2.45, 2.75) is 89.9 Å². The van der Waals surface area contributed by atoms with E-state index in [0.717, 1.165) is 12.3 Å². The van der Waals surface area contributed by atoms with Crippen LogP contribution in [-0.4, -0.2) is 5.88 Å². The molecule has 0 N–H and O–H groups in total. The van der Waals surface area contributed by atoms with E-state index in [1.807, 2.05) is 0 Å². The van der Waals surface area contributed by atoms with Crippen molar-refractivity contribution >= 4 is 11.6 Å². The largest absolute Gasteiger partial charge is 0.127 e. The summed E-state index contributed by atoms with van der Waals surface area (Å²) in [5, 5.41) is 0. The lowest BCUT2D eigenvalue weighted by Gasteiger charge is -2.02. The Bertz CT molecular complexity index is 211. The fraction of sp³-hybridized carbons (Fsp3) is 0.833. The minimum absolute atomic E-state index is 0.835. The predicted octanol–water partition coefficient (Wildman–Crippen LogP) is 6.52. The molecule has 111 valence electrons. The molecule has 19 heavy (non-hydrogen) atoms. The van der Waals surface area contributed by atoms with Gasteiger partial charge in [0.25, 0.3) is 0 Å². The molecule has 1 radical (unpaired) electrons. The van der Waals surface area contributed by atoms with Crippen LogP contribution in [0.5, 0.6) is 0 Å². The molecule has 0 nitrogen and oxygen atoms in total. The topological polar surface area (TPSA) is 0 Å². The van der Waals surface area contributed by atoms with Gasteiger partial charge in [-0.1, -0.05) is 70.6 Å². The highest BCUT2D eigenvalue weighted by Crippen LogP contribution is 2.12. The van der Waals surface area contributed by atoms with Crippen LogP contribution in [0, 0.1) is 18.8 Å². The third-order valence-electron chi connectivity index (χ3n) is 3.56. The van der Waals surface area contributed by atoms with Gasteiger partial charge in [0, 0.05) is 19.2 Å². The highest BCUT2D eigenvalue weighted by molar-refractivity contribution is 6.17. The summed E-state index contributed by atoms with van der Waals surface area (Å²) in [6, 6.07) is 0. The first-order valence-corrected chi connectivity index (χ1v) is 8.76. The second-order valence-corrected chi connectivity index (χ2v) is 5.77. The van der Waals surface area contributed by atoms with Gasteiger partial charge in [-0.15, -0.1) is 23.4 Å². The molecule has 0 fully saturated rings. The van der Waals surface area contributed by atoms with Crippen LogP contribution in [0.2, 0.25) is 0 Å². The van der Waals surface area contributed by atoms with Gasteiger partial charge in [0.05, 0.1) is 0 Å². The number of alkyl halides is 1. The zero-order chi connectivity index (χ0) is 14.0. The fourth-order valence-electron chi connectivity index (χ4n) is 2.34. The first-order chi connectivity index (χ1) is 9.41. The SMILES string of the molecule is [CH2]C#CCCCCCCCCCCCCCCCCl. The van der Waals surface area contributed by atoms with Crippen molar-refractivity contribution in [3.63, 3.8) is 0 Å². The summed E-state index contributed by atoms with van der Waals surface area (Å²) in [6.45, 7) is 3.52. The van der Waals surface area contributed by atoms with Crippen LogP contribution in [0.4, 0.5) is 0 Å². The van der Waals surface area contributed by atoms with E-state index >= 15 is 0 Å². The Morgan fingerprint density at radius 1 is 0.579 bits per heavy atom. The standard InChI is InChI=1S/C18H32Cl/c1-2-3-4-5-6-7-8-9-10-11-12-13-14-15-16-17-18-19/h1,4-18H2. The maximum Gasteiger partial charge on any atom is 0.0223 e. The van der Waals surface area contributed by atoms with Crippen molar-refractivity contribution in [3.05, 3.63) is 6.92 Å². The molecule has 0 aliphatic rings. The molecule has 0 aromatic carbocycles. The third kappa shape index (κ3) is 17.9. The number of unbranched alkanes of at least 4 members (excludes halogenated alkanes) is 13. The first-order valence-electron chi connectivity index (χ1n) is 8.22. The predicted molar refractivity (Wildman–Crippen MR) is 88.5 cm³/mol. The van der Waals surface area contributed by atoms with Gasteiger partial charge in [0.1, 0.15) is 0 Å². The van der Waals surface area contributed by atoms with E-state index in [4.69, 9.17) is 11.6 Å². The van der Waals surface area contributed by atoms with E-state index in [1.54, 1.807) is 0 Å². The summed E-state index contributed by atoms with van der Waals surface area (Å²) < 4.78 is 0. The molecule has 0 aliphatic heterocycles. The zero-order valence-corrected chi connectivity index (χ0v) is 13.4. The van der Waals surface area contributed by atoms with Crippen molar-refractivity contribution in [1.82, 2.24) is 0 Å². The van der Waals surface area contributed by atoms with Gasteiger partial charge >= 0.3 is 0 Å². The Hall–Kier alpha value is -0.150. The Kier molecular flexibility index (Phi) is 17.7. The highest BCUT2D eigenvalue weighted by atomic mass is 35.5. The van der Waals surface area contributed by atoms with Gasteiger partial charge in [-0.25, -0.2) is 0 Å². The molecular weight excluding hydrogens is 252 g/mol. The molecule has 0 saturated heterocycles. The van der Waals surface area contributed by atoms with E-state index in [2.05, 4.69) is 18.8 Å². The molecule has 0 atom stereocenters. The average Bonchev–Trinajstić information content (AvgIpc) is 2.43. The second kappa shape index (κ2) is 17.8. The summed E-state index contributed by atoms with van der Waals surface area (Å²) in [5.74, 6) is 6.57. The van der Waals surface area contributed by atoms with Gasteiger partial charge in [0.2, 0.25) is 0 Å². The lowest BCUT2D eigenvalue weighted by atomic mass is 10.0. The van der Waals surface area contributed by atoms with Gasteiger partial charge in [0.15, 0.2) is 0 Å². The molecule has 0 amide bonds. The quantitative estimate of drug-likeness (QED) is 0.193. The summed E-state index contributed by atoms with van der Waals surface area (Å²) in [7, 11) is 0. The van der Waals surface area contributed by atoms with Crippen LogP contribution in [0.1, 0.15) is 89.9 Å². The van der Waals surface area contributed by atoms with Crippen LogP contribution in [0.25, 0.3) is 0 Å². The lowest BCUT2D eigenvalue weighted by molar-refractivity contribution is 0.541. The van der Waals surface area contributed by atoms with Gasteiger partial charge in [-0.2, -0.15) is 0 Å². The first kappa shape index (κ1) is 18.9. The maximum absolute atomic E-state index is 5.65. The van der Waals surface area contributed by atoms with E-state index in [0.29, 0.717) is 0 Å². The molecule has 0 aliphatic carbocycles. The normalized spacial score (nSPS) is 10.2. The van der Waals surface area contributed by atoms with E-state index in [1.165, 1.54) is 83.5 Å². The van der Waals surface area contributed by atoms with Gasteiger partial charge in [-0.05, 0) is 12.8 Å². The van der Waals surface area contributed by atoms with E-state index in [-0.39, 0.29) is 0 Å². The monoisotopic (exact) mass is 283 g/mol. The Morgan fingerprint density at radius 2 is 0.947 bits per heavy atom. The minimum Gasteiger partial charge on any atom is -0.127 e. The molecule has 0 spiro atoms. The summed E-state index contributed by atoms with van der Waals surface area (Å²) >= 11 is 5.65. The van der Waals surface area contributed by atoms with Crippen molar-refractivity contribution in [3.8, 4) is 11.8 Å². The van der Waals surface area contributed by atoms with Gasteiger partial charge < -0.3 is 0 Å². The molecule has 0 aromatic heterocycles. The fourth-order valence-corrected chi connectivity index (χ4v) is 2.53.